The molecule has 1 fully saturated rings. The minimum Gasteiger partial charge on any atom is -0.326 e. The Bertz CT molecular complexity index is 436. The van der Waals surface area contributed by atoms with Crippen LogP contribution in [0.2, 0.25) is 0 Å². The van der Waals surface area contributed by atoms with Crippen LogP contribution in [0.25, 0.3) is 0 Å². The van der Waals surface area contributed by atoms with Gasteiger partial charge in [0.1, 0.15) is 5.82 Å². The van der Waals surface area contributed by atoms with Gasteiger partial charge in [-0.05, 0) is 23.3 Å². The standard InChI is InChI=1S/C12H16FN3O/c1-15-4-5-16(12(15)17)8-9-2-3-11(13)6-10(9)7-14/h2-3,6H,4-5,7-8,14H2,1H3. The number of carbonyl (C=O) groups excluding carboxylic acids is 1. The lowest BCUT2D eigenvalue weighted by atomic mass is 10.1. The van der Waals surface area contributed by atoms with Gasteiger partial charge in [0.05, 0.1) is 0 Å². The van der Waals surface area contributed by atoms with E-state index in [2.05, 4.69) is 0 Å². The number of halogens is 1. The first-order valence-corrected chi connectivity index (χ1v) is 5.59. The molecule has 1 aliphatic rings. The summed E-state index contributed by atoms with van der Waals surface area (Å²) in [4.78, 5) is 15.1. The van der Waals surface area contributed by atoms with Gasteiger partial charge in [-0.25, -0.2) is 9.18 Å². The number of nitrogens with two attached hydrogens (primary N) is 1. The molecule has 1 saturated heterocycles. The minimum absolute atomic E-state index is 0.0114. The van der Waals surface area contributed by atoms with Gasteiger partial charge in [-0.15, -0.1) is 0 Å². The summed E-state index contributed by atoms with van der Waals surface area (Å²) in [6.07, 6.45) is 0. The fourth-order valence-corrected chi connectivity index (χ4v) is 1.99. The highest BCUT2D eigenvalue weighted by Gasteiger charge is 2.25. The van der Waals surface area contributed by atoms with Gasteiger partial charge in [-0.3, -0.25) is 0 Å². The summed E-state index contributed by atoms with van der Waals surface area (Å²) in [6.45, 7) is 2.22. The maximum absolute atomic E-state index is 13.0. The van der Waals surface area contributed by atoms with Crippen LogP contribution in [-0.2, 0) is 13.1 Å². The van der Waals surface area contributed by atoms with E-state index in [0.717, 1.165) is 17.7 Å². The molecule has 1 aromatic carbocycles. The fraction of sp³-hybridized carbons (Fsp3) is 0.417. The average molecular weight is 237 g/mol. The van der Waals surface area contributed by atoms with Crippen molar-refractivity contribution in [3.8, 4) is 0 Å². The fourth-order valence-electron chi connectivity index (χ4n) is 1.99. The smallest absolute Gasteiger partial charge is 0.320 e. The van der Waals surface area contributed by atoms with Gasteiger partial charge in [0.25, 0.3) is 0 Å². The number of likely N-dealkylation sites (N-methyl/N-ethyl adjacent to an activating group) is 1. The zero-order valence-corrected chi connectivity index (χ0v) is 9.82. The summed E-state index contributed by atoms with van der Waals surface area (Å²) in [6, 6.07) is 4.54. The van der Waals surface area contributed by atoms with E-state index in [1.807, 2.05) is 0 Å². The van der Waals surface area contributed by atoms with Crippen molar-refractivity contribution in [3.05, 3.63) is 35.1 Å². The Hall–Kier alpha value is -1.62. The highest BCUT2D eigenvalue weighted by atomic mass is 19.1. The van der Waals surface area contributed by atoms with Gasteiger partial charge >= 0.3 is 6.03 Å². The largest absolute Gasteiger partial charge is 0.326 e. The van der Waals surface area contributed by atoms with Crippen molar-refractivity contribution in [1.82, 2.24) is 9.80 Å². The summed E-state index contributed by atoms with van der Waals surface area (Å²) in [5.74, 6) is -0.293. The predicted octanol–water partition coefficient (Wildman–Crippen LogP) is 1.15. The molecule has 0 bridgehead atoms. The maximum Gasteiger partial charge on any atom is 0.320 e. The Kier molecular flexibility index (Phi) is 3.28. The molecule has 0 aliphatic carbocycles. The molecule has 17 heavy (non-hydrogen) atoms. The van der Waals surface area contributed by atoms with Crippen LogP contribution in [0.4, 0.5) is 9.18 Å². The van der Waals surface area contributed by atoms with Crippen molar-refractivity contribution in [2.45, 2.75) is 13.1 Å². The Balaban J connectivity index is 2.16. The van der Waals surface area contributed by atoms with E-state index in [4.69, 9.17) is 5.73 Å². The van der Waals surface area contributed by atoms with Gasteiger partial charge in [0.15, 0.2) is 0 Å². The zero-order valence-electron chi connectivity index (χ0n) is 9.82. The molecule has 0 spiro atoms. The average Bonchev–Trinajstić information content (AvgIpc) is 2.63. The second-order valence-electron chi connectivity index (χ2n) is 4.24. The molecule has 5 heteroatoms. The maximum atomic E-state index is 13.0. The van der Waals surface area contributed by atoms with E-state index in [0.29, 0.717) is 13.1 Å². The van der Waals surface area contributed by atoms with E-state index in [-0.39, 0.29) is 18.4 Å². The number of carbonyl (C=O) groups is 1. The number of nitrogens with zero attached hydrogens (tertiary/aromatic N) is 2. The lowest BCUT2D eigenvalue weighted by Crippen LogP contribution is -2.29. The topological polar surface area (TPSA) is 49.6 Å². The monoisotopic (exact) mass is 237 g/mol. The predicted molar refractivity (Wildman–Crippen MR) is 62.7 cm³/mol. The number of amides is 2. The first-order valence-electron chi connectivity index (χ1n) is 5.59. The van der Waals surface area contributed by atoms with Crippen LogP contribution in [0.5, 0.6) is 0 Å². The summed E-state index contributed by atoms with van der Waals surface area (Å²) in [5.41, 5.74) is 7.25. The van der Waals surface area contributed by atoms with E-state index in [1.165, 1.54) is 12.1 Å². The zero-order chi connectivity index (χ0) is 12.4. The van der Waals surface area contributed by atoms with Gasteiger partial charge in [-0.1, -0.05) is 6.07 Å². The number of urea groups is 1. The number of hydrogen-bond donors (Lipinski definition) is 1. The first-order chi connectivity index (χ1) is 8.11. The molecule has 92 valence electrons. The van der Waals surface area contributed by atoms with Gasteiger partial charge in [0, 0.05) is 33.2 Å². The third-order valence-electron chi connectivity index (χ3n) is 3.05. The van der Waals surface area contributed by atoms with Gasteiger partial charge in [-0.2, -0.15) is 0 Å². The highest BCUT2D eigenvalue weighted by molar-refractivity contribution is 5.76. The van der Waals surface area contributed by atoms with Crippen LogP contribution in [0.15, 0.2) is 18.2 Å². The SMILES string of the molecule is CN1CCN(Cc2ccc(F)cc2CN)C1=O. The molecule has 0 atom stereocenters. The Labute approximate surface area is 99.8 Å². The van der Waals surface area contributed by atoms with Crippen molar-refractivity contribution >= 4 is 6.03 Å². The van der Waals surface area contributed by atoms with E-state index in [9.17, 15) is 9.18 Å². The van der Waals surface area contributed by atoms with Crippen molar-refractivity contribution < 1.29 is 9.18 Å². The van der Waals surface area contributed by atoms with Crippen molar-refractivity contribution in [2.75, 3.05) is 20.1 Å². The van der Waals surface area contributed by atoms with Crippen LogP contribution in [0, 0.1) is 5.82 Å². The summed E-state index contributed by atoms with van der Waals surface area (Å²) >= 11 is 0. The normalized spacial score (nSPS) is 15.8. The number of hydrogen-bond acceptors (Lipinski definition) is 2. The molecule has 0 unspecified atom stereocenters. The van der Waals surface area contributed by atoms with Crippen molar-refractivity contribution in [3.63, 3.8) is 0 Å². The van der Waals surface area contributed by atoms with Crippen molar-refractivity contribution in [1.29, 1.82) is 0 Å². The molecule has 0 saturated carbocycles. The second kappa shape index (κ2) is 4.71. The van der Waals surface area contributed by atoms with Crippen molar-refractivity contribution in [2.24, 2.45) is 5.73 Å². The van der Waals surface area contributed by atoms with Crippen LogP contribution in [0.1, 0.15) is 11.1 Å². The van der Waals surface area contributed by atoms with Crippen LogP contribution in [-0.4, -0.2) is 36.0 Å². The molecule has 2 amide bonds. The molecule has 1 aromatic rings. The summed E-state index contributed by atoms with van der Waals surface area (Å²) in [7, 11) is 1.77. The molecule has 2 rings (SSSR count). The Morgan fingerprint density at radius 2 is 2.12 bits per heavy atom. The molecule has 1 aliphatic heterocycles. The van der Waals surface area contributed by atoms with Crippen LogP contribution in [0.3, 0.4) is 0 Å². The minimum atomic E-state index is -0.293. The third-order valence-corrected chi connectivity index (χ3v) is 3.05. The molecule has 0 radical (unpaired) electrons. The highest BCUT2D eigenvalue weighted by Crippen LogP contribution is 2.16. The number of benzene rings is 1. The van der Waals surface area contributed by atoms with Gasteiger partial charge in [0.2, 0.25) is 0 Å². The molecule has 2 N–H and O–H groups in total. The van der Waals surface area contributed by atoms with E-state index >= 15 is 0 Å². The molecule has 1 heterocycles. The lowest BCUT2D eigenvalue weighted by Gasteiger charge is -2.17. The quantitative estimate of drug-likeness (QED) is 0.857. The molecular formula is C12H16FN3O. The lowest BCUT2D eigenvalue weighted by molar-refractivity contribution is 0.197. The first kappa shape index (κ1) is 11.9. The number of rotatable bonds is 3. The van der Waals surface area contributed by atoms with Crippen LogP contribution >= 0.6 is 0 Å². The Morgan fingerprint density at radius 1 is 1.35 bits per heavy atom. The second-order valence-corrected chi connectivity index (χ2v) is 4.24. The van der Waals surface area contributed by atoms with E-state index < -0.39 is 0 Å². The molecule has 4 nitrogen and oxygen atoms in total. The Morgan fingerprint density at radius 3 is 2.71 bits per heavy atom. The van der Waals surface area contributed by atoms with E-state index in [1.54, 1.807) is 22.9 Å². The van der Waals surface area contributed by atoms with Gasteiger partial charge < -0.3 is 15.5 Å². The summed E-state index contributed by atoms with van der Waals surface area (Å²) in [5, 5.41) is 0. The third kappa shape index (κ3) is 2.39. The molecular weight excluding hydrogens is 221 g/mol. The summed E-state index contributed by atoms with van der Waals surface area (Å²) < 4.78 is 13.0. The van der Waals surface area contributed by atoms with Crippen LogP contribution < -0.4 is 5.73 Å². The molecule has 0 aromatic heterocycles.